The number of nitrogens with zero attached hydrogens (tertiary/aromatic N) is 2. The van der Waals surface area contributed by atoms with Crippen molar-refractivity contribution < 1.29 is 22.8 Å². The summed E-state index contributed by atoms with van der Waals surface area (Å²) in [5, 5.41) is 0. The third kappa shape index (κ3) is 3.43. The molecule has 2 amide bonds. The molecule has 1 aliphatic carbocycles. The van der Waals surface area contributed by atoms with Crippen LogP contribution in [0.3, 0.4) is 0 Å². The standard InChI is InChI=1S/C13H19F3N2O2/c14-13(15,16)12(20)18-8-6-17(7-9-18)11(19)10-4-2-1-3-5-10/h10H,1-9H2. The van der Waals surface area contributed by atoms with Gasteiger partial charge in [-0.05, 0) is 12.8 Å². The van der Waals surface area contributed by atoms with Crippen LogP contribution in [0, 0.1) is 5.92 Å². The van der Waals surface area contributed by atoms with Gasteiger partial charge >= 0.3 is 12.1 Å². The Kier molecular flexibility index (Phi) is 4.55. The highest BCUT2D eigenvalue weighted by Crippen LogP contribution is 2.26. The quantitative estimate of drug-likeness (QED) is 0.739. The number of alkyl halides is 3. The Labute approximate surface area is 115 Å². The molecule has 0 aromatic carbocycles. The maximum Gasteiger partial charge on any atom is 0.471 e. The van der Waals surface area contributed by atoms with Crippen LogP contribution in [0.4, 0.5) is 13.2 Å². The lowest BCUT2D eigenvalue weighted by atomic mass is 9.88. The van der Waals surface area contributed by atoms with Crippen LogP contribution < -0.4 is 0 Å². The van der Waals surface area contributed by atoms with E-state index in [0.717, 1.165) is 37.0 Å². The Morgan fingerprint density at radius 1 is 0.850 bits per heavy atom. The van der Waals surface area contributed by atoms with Gasteiger partial charge in [-0.3, -0.25) is 9.59 Å². The van der Waals surface area contributed by atoms with Gasteiger partial charge in [0.25, 0.3) is 0 Å². The van der Waals surface area contributed by atoms with E-state index < -0.39 is 12.1 Å². The highest BCUT2D eigenvalue weighted by atomic mass is 19.4. The summed E-state index contributed by atoms with van der Waals surface area (Å²) in [4.78, 5) is 25.7. The van der Waals surface area contributed by atoms with E-state index in [4.69, 9.17) is 0 Å². The van der Waals surface area contributed by atoms with Crippen molar-refractivity contribution in [3.05, 3.63) is 0 Å². The summed E-state index contributed by atoms with van der Waals surface area (Å²) >= 11 is 0. The molecule has 4 nitrogen and oxygen atoms in total. The Balaban J connectivity index is 1.84. The maximum atomic E-state index is 12.3. The highest BCUT2D eigenvalue weighted by Gasteiger charge is 2.43. The maximum absolute atomic E-state index is 12.3. The molecule has 0 unspecified atom stereocenters. The molecule has 0 aromatic rings. The number of carbonyl (C=O) groups is 2. The van der Waals surface area contributed by atoms with Crippen LogP contribution in [0.25, 0.3) is 0 Å². The van der Waals surface area contributed by atoms with Crippen molar-refractivity contribution in [1.82, 2.24) is 9.80 Å². The first-order valence-corrected chi connectivity index (χ1v) is 7.04. The van der Waals surface area contributed by atoms with Gasteiger partial charge in [0.2, 0.25) is 5.91 Å². The molecule has 0 spiro atoms. The summed E-state index contributed by atoms with van der Waals surface area (Å²) in [7, 11) is 0. The van der Waals surface area contributed by atoms with Crippen LogP contribution in [-0.2, 0) is 9.59 Å². The molecule has 7 heteroatoms. The molecule has 1 saturated carbocycles. The molecule has 2 fully saturated rings. The number of piperazine rings is 1. The topological polar surface area (TPSA) is 40.6 Å². The fourth-order valence-electron chi connectivity index (χ4n) is 2.92. The monoisotopic (exact) mass is 292 g/mol. The van der Waals surface area contributed by atoms with Gasteiger partial charge in [0.05, 0.1) is 0 Å². The molecular weight excluding hydrogens is 273 g/mol. The van der Waals surface area contributed by atoms with E-state index in [1.807, 2.05) is 0 Å². The predicted octanol–water partition coefficient (Wildman–Crippen LogP) is 1.80. The molecule has 2 rings (SSSR count). The van der Waals surface area contributed by atoms with Crippen LogP contribution >= 0.6 is 0 Å². The number of carbonyl (C=O) groups excluding carboxylic acids is 2. The second kappa shape index (κ2) is 6.01. The first-order chi connectivity index (χ1) is 9.39. The Morgan fingerprint density at radius 3 is 1.85 bits per heavy atom. The number of halogens is 3. The van der Waals surface area contributed by atoms with Gasteiger partial charge in [0.1, 0.15) is 0 Å². The second-order valence-corrected chi connectivity index (χ2v) is 5.45. The molecule has 114 valence electrons. The molecular formula is C13H19F3N2O2. The molecule has 2 aliphatic rings. The molecule has 0 bridgehead atoms. The van der Waals surface area contributed by atoms with Gasteiger partial charge in [0, 0.05) is 32.1 Å². The third-order valence-electron chi connectivity index (χ3n) is 4.08. The average molecular weight is 292 g/mol. The largest absolute Gasteiger partial charge is 0.471 e. The van der Waals surface area contributed by atoms with Crippen LogP contribution in [0.1, 0.15) is 32.1 Å². The molecule has 1 heterocycles. The summed E-state index contributed by atoms with van der Waals surface area (Å²) in [6.07, 6.45) is 0.167. The van der Waals surface area contributed by atoms with E-state index in [2.05, 4.69) is 0 Å². The Morgan fingerprint density at radius 2 is 1.35 bits per heavy atom. The summed E-state index contributed by atoms with van der Waals surface area (Å²) in [6.45, 7) is 0.349. The van der Waals surface area contributed by atoms with Gasteiger partial charge in [-0.15, -0.1) is 0 Å². The van der Waals surface area contributed by atoms with Crippen molar-refractivity contribution >= 4 is 11.8 Å². The minimum absolute atomic E-state index is 0.0219. The first-order valence-electron chi connectivity index (χ1n) is 7.04. The van der Waals surface area contributed by atoms with Crippen molar-refractivity contribution in [2.75, 3.05) is 26.2 Å². The summed E-state index contributed by atoms with van der Waals surface area (Å²) in [6, 6.07) is 0. The third-order valence-corrected chi connectivity index (χ3v) is 4.08. The van der Waals surface area contributed by atoms with E-state index in [1.165, 1.54) is 0 Å². The van der Waals surface area contributed by atoms with Crippen molar-refractivity contribution in [3.8, 4) is 0 Å². The number of amides is 2. The van der Waals surface area contributed by atoms with E-state index >= 15 is 0 Å². The van der Waals surface area contributed by atoms with Crippen molar-refractivity contribution in [1.29, 1.82) is 0 Å². The molecule has 0 aromatic heterocycles. The molecule has 0 N–H and O–H groups in total. The Bertz CT molecular complexity index is 370. The minimum atomic E-state index is -4.82. The molecule has 20 heavy (non-hydrogen) atoms. The minimum Gasteiger partial charge on any atom is -0.339 e. The fraction of sp³-hybridized carbons (Fsp3) is 0.846. The van der Waals surface area contributed by atoms with Crippen molar-refractivity contribution in [3.63, 3.8) is 0 Å². The van der Waals surface area contributed by atoms with Gasteiger partial charge in [-0.2, -0.15) is 13.2 Å². The van der Waals surface area contributed by atoms with Crippen LogP contribution in [0.2, 0.25) is 0 Å². The number of rotatable bonds is 1. The van der Waals surface area contributed by atoms with Gasteiger partial charge in [-0.25, -0.2) is 0 Å². The van der Waals surface area contributed by atoms with Gasteiger partial charge in [-0.1, -0.05) is 19.3 Å². The van der Waals surface area contributed by atoms with Crippen LogP contribution in [0.5, 0.6) is 0 Å². The van der Waals surface area contributed by atoms with Crippen LogP contribution in [0.15, 0.2) is 0 Å². The molecule has 1 saturated heterocycles. The zero-order chi connectivity index (χ0) is 14.8. The lowest BCUT2D eigenvalue weighted by Crippen LogP contribution is -2.54. The van der Waals surface area contributed by atoms with Crippen LogP contribution in [-0.4, -0.2) is 54.0 Å². The predicted molar refractivity (Wildman–Crippen MR) is 65.8 cm³/mol. The lowest BCUT2D eigenvalue weighted by Gasteiger charge is -2.37. The summed E-state index contributed by atoms with van der Waals surface area (Å²) in [5.41, 5.74) is 0. The Hall–Kier alpha value is -1.27. The van der Waals surface area contributed by atoms with Gasteiger partial charge in [0.15, 0.2) is 0 Å². The molecule has 0 radical (unpaired) electrons. The van der Waals surface area contributed by atoms with E-state index in [-0.39, 0.29) is 38.0 Å². The fourth-order valence-corrected chi connectivity index (χ4v) is 2.92. The van der Waals surface area contributed by atoms with E-state index in [9.17, 15) is 22.8 Å². The zero-order valence-electron chi connectivity index (χ0n) is 11.3. The van der Waals surface area contributed by atoms with Gasteiger partial charge < -0.3 is 9.80 Å². The average Bonchev–Trinajstić information content (AvgIpc) is 2.46. The summed E-state index contributed by atoms with van der Waals surface area (Å²) < 4.78 is 36.9. The lowest BCUT2D eigenvalue weighted by molar-refractivity contribution is -0.187. The SMILES string of the molecule is O=C(C1CCCCC1)N1CCN(C(=O)C(F)(F)F)CC1. The normalized spacial score (nSPS) is 21.9. The first kappa shape index (κ1) is 15.1. The summed E-state index contributed by atoms with van der Waals surface area (Å²) in [5.74, 6) is -1.74. The number of hydrogen-bond donors (Lipinski definition) is 0. The smallest absolute Gasteiger partial charge is 0.339 e. The molecule has 1 aliphatic heterocycles. The van der Waals surface area contributed by atoms with E-state index in [1.54, 1.807) is 4.90 Å². The van der Waals surface area contributed by atoms with E-state index in [0.29, 0.717) is 0 Å². The second-order valence-electron chi connectivity index (χ2n) is 5.45. The molecule has 0 atom stereocenters. The van der Waals surface area contributed by atoms with Crippen molar-refractivity contribution in [2.45, 2.75) is 38.3 Å². The number of hydrogen-bond acceptors (Lipinski definition) is 2. The van der Waals surface area contributed by atoms with Crippen molar-refractivity contribution in [2.24, 2.45) is 5.92 Å². The highest BCUT2D eigenvalue weighted by molar-refractivity contribution is 5.83. The zero-order valence-corrected chi connectivity index (χ0v) is 11.3.